The minimum Gasteiger partial charge on any atom is -0.314 e. The van der Waals surface area contributed by atoms with Crippen LogP contribution in [0, 0.1) is 0 Å². The molecule has 0 amide bonds. The summed E-state index contributed by atoms with van der Waals surface area (Å²) in [7, 11) is 0. The highest BCUT2D eigenvalue weighted by molar-refractivity contribution is 8.00. The summed E-state index contributed by atoms with van der Waals surface area (Å²) in [5, 5.41) is 3.69. The molecule has 0 aromatic rings. The van der Waals surface area contributed by atoms with E-state index >= 15 is 0 Å². The molecule has 2 rings (SSSR count). The third kappa shape index (κ3) is 3.88. The van der Waals surface area contributed by atoms with Gasteiger partial charge in [-0.3, -0.25) is 4.90 Å². The Kier molecular flexibility index (Phi) is 5.40. The normalized spacial score (nSPS) is 38.2. The van der Waals surface area contributed by atoms with Crippen molar-refractivity contribution in [3.63, 3.8) is 0 Å². The van der Waals surface area contributed by atoms with E-state index in [1.165, 1.54) is 57.5 Å². The van der Waals surface area contributed by atoms with Gasteiger partial charge >= 0.3 is 0 Å². The van der Waals surface area contributed by atoms with E-state index in [1.807, 2.05) is 0 Å². The highest BCUT2D eigenvalue weighted by atomic mass is 32.2. The summed E-state index contributed by atoms with van der Waals surface area (Å²) >= 11 is 2.20. The maximum atomic E-state index is 3.69. The smallest absolute Gasteiger partial charge is 0.0259 e. The van der Waals surface area contributed by atoms with Gasteiger partial charge in [0.1, 0.15) is 0 Å². The lowest BCUT2D eigenvalue weighted by Gasteiger charge is -2.41. The molecule has 2 saturated heterocycles. The molecule has 0 aromatic heterocycles. The summed E-state index contributed by atoms with van der Waals surface area (Å²) in [6.45, 7) is 10.9. The zero-order valence-corrected chi connectivity index (χ0v) is 13.2. The van der Waals surface area contributed by atoms with E-state index in [2.05, 4.69) is 42.7 Å². The lowest BCUT2D eigenvalue weighted by atomic mass is 9.95. The predicted molar refractivity (Wildman–Crippen MR) is 82.4 cm³/mol. The largest absolute Gasteiger partial charge is 0.314 e. The van der Waals surface area contributed by atoms with E-state index in [-0.39, 0.29) is 0 Å². The van der Waals surface area contributed by atoms with Crippen molar-refractivity contribution in [3.8, 4) is 0 Å². The Labute approximate surface area is 117 Å². The standard InChI is InChI=1S/C15H30N2S/c1-4-8-16-14-6-9-17(13(2)11-14)12-15(3)7-5-10-18-15/h13-14,16H,4-12H2,1-3H3. The minimum atomic E-state index is 0.540. The van der Waals surface area contributed by atoms with Gasteiger partial charge < -0.3 is 5.32 Å². The maximum Gasteiger partial charge on any atom is 0.0259 e. The van der Waals surface area contributed by atoms with E-state index in [0.29, 0.717) is 4.75 Å². The Bertz CT molecular complexity index is 251. The highest BCUT2D eigenvalue weighted by Crippen LogP contribution is 2.39. The summed E-state index contributed by atoms with van der Waals surface area (Å²) in [6.07, 6.45) is 6.76. The van der Waals surface area contributed by atoms with Crippen LogP contribution in [-0.4, -0.2) is 47.1 Å². The Morgan fingerprint density at radius 1 is 1.44 bits per heavy atom. The van der Waals surface area contributed by atoms with Gasteiger partial charge in [0.2, 0.25) is 0 Å². The van der Waals surface area contributed by atoms with Crippen LogP contribution >= 0.6 is 11.8 Å². The number of hydrogen-bond donors (Lipinski definition) is 1. The Balaban J connectivity index is 1.78. The molecule has 0 radical (unpaired) electrons. The van der Waals surface area contributed by atoms with Crippen LogP contribution < -0.4 is 5.32 Å². The summed E-state index contributed by atoms with van der Waals surface area (Å²) in [4.78, 5) is 2.74. The molecule has 0 aliphatic carbocycles. The first-order valence-electron chi connectivity index (χ1n) is 7.74. The van der Waals surface area contributed by atoms with Crippen LogP contribution in [0.25, 0.3) is 0 Å². The van der Waals surface area contributed by atoms with Crippen LogP contribution in [0.15, 0.2) is 0 Å². The van der Waals surface area contributed by atoms with Gasteiger partial charge in [-0.1, -0.05) is 6.92 Å². The molecule has 2 aliphatic rings. The summed E-state index contributed by atoms with van der Waals surface area (Å²) in [6, 6.07) is 1.52. The van der Waals surface area contributed by atoms with Crippen molar-refractivity contribution < 1.29 is 0 Å². The number of nitrogens with one attached hydrogen (secondary N) is 1. The monoisotopic (exact) mass is 270 g/mol. The number of piperidine rings is 1. The third-order valence-electron chi connectivity index (χ3n) is 4.53. The number of nitrogens with zero attached hydrogens (tertiary/aromatic N) is 1. The number of hydrogen-bond acceptors (Lipinski definition) is 3. The minimum absolute atomic E-state index is 0.540. The third-order valence-corrected chi connectivity index (χ3v) is 6.06. The fourth-order valence-electron chi connectivity index (χ4n) is 3.38. The molecular formula is C15H30N2S. The molecule has 0 aromatic carbocycles. The SMILES string of the molecule is CCCNC1CCN(CC2(C)CCCS2)C(C)C1. The van der Waals surface area contributed by atoms with Crippen molar-refractivity contribution in [2.24, 2.45) is 0 Å². The second-order valence-electron chi connectivity index (χ2n) is 6.40. The fraction of sp³-hybridized carbons (Fsp3) is 1.00. The van der Waals surface area contributed by atoms with E-state index in [4.69, 9.17) is 0 Å². The molecule has 106 valence electrons. The van der Waals surface area contributed by atoms with E-state index in [0.717, 1.165) is 12.1 Å². The fourth-order valence-corrected chi connectivity index (χ4v) is 4.71. The average molecular weight is 270 g/mol. The zero-order chi connectivity index (χ0) is 13.0. The lowest BCUT2D eigenvalue weighted by Crippen LogP contribution is -2.51. The Morgan fingerprint density at radius 3 is 2.89 bits per heavy atom. The van der Waals surface area contributed by atoms with Gasteiger partial charge in [-0.2, -0.15) is 11.8 Å². The Morgan fingerprint density at radius 2 is 2.28 bits per heavy atom. The van der Waals surface area contributed by atoms with E-state index in [1.54, 1.807) is 0 Å². The molecule has 2 aliphatic heterocycles. The van der Waals surface area contributed by atoms with Crippen LogP contribution in [0.1, 0.15) is 52.9 Å². The molecule has 18 heavy (non-hydrogen) atoms. The number of likely N-dealkylation sites (tertiary alicyclic amines) is 1. The highest BCUT2D eigenvalue weighted by Gasteiger charge is 2.34. The van der Waals surface area contributed by atoms with Crippen LogP contribution in [-0.2, 0) is 0 Å². The van der Waals surface area contributed by atoms with Crippen molar-refractivity contribution in [1.29, 1.82) is 0 Å². The first-order valence-corrected chi connectivity index (χ1v) is 8.73. The average Bonchev–Trinajstić information content (AvgIpc) is 2.77. The molecular weight excluding hydrogens is 240 g/mol. The van der Waals surface area contributed by atoms with Crippen molar-refractivity contribution in [2.75, 3.05) is 25.4 Å². The topological polar surface area (TPSA) is 15.3 Å². The first-order chi connectivity index (χ1) is 8.63. The second-order valence-corrected chi connectivity index (χ2v) is 8.08. The molecule has 3 atom stereocenters. The molecule has 3 heteroatoms. The molecule has 2 fully saturated rings. The molecule has 0 saturated carbocycles. The van der Waals surface area contributed by atoms with Crippen molar-refractivity contribution in [1.82, 2.24) is 10.2 Å². The van der Waals surface area contributed by atoms with Gasteiger partial charge in [0.15, 0.2) is 0 Å². The molecule has 2 nitrogen and oxygen atoms in total. The van der Waals surface area contributed by atoms with Crippen LogP contribution in [0.5, 0.6) is 0 Å². The summed E-state index contributed by atoms with van der Waals surface area (Å²) in [5.74, 6) is 1.37. The van der Waals surface area contributed by atoms with E-state index in [9.17, 15) is 0 Å². The maximum absolute atomic E-state index is 3.69. The molecule has 3 unspecified atom stereocenters. The van der Waals surface area contributed by atoms with Gasteiger partial charge in [0, 0.05) is 23.4 Å². The lowest BCUT2D eigenvalue weighted by molar-refractivity contribution is 0.125. The Hall–Kier alpha value is 0.270. The molecule has 2 heterocycles. The van der Waals surface area contributed by atoms with E-state index < -0.39 is 0 Å². The van der Waals surface area contributed by atoms with Gasteiger partial charge in [0.05, 0.1) is 0 Å². The predicted octanol–water partition coefficient (Wildman–Crippen LogP) is 3.12. The summed E-state index contributed by atoms with van der Waals surface area (Å²) < 4.78 is 0.540. The summed E-state index contributed by atoms with van der Waals surface area (Å²) in [5.41, 5.74) is 0. The van der Waals surface area contributed by atoms with Crippen molar-refractivity contribution in [2.45, 2.75) is 69.7 Å². The first kappa shape index (κ1) is 14.7. The quantitative estimate of drug-likeness (QED) is 0.826. The molecule has 1 N–H and O–H groups in total. The zero-order valence-electron chi connectivity index (χ0n) is 12.4. The van der Waals surface area contributed by atoms with Gasteiger partial charge in [-0.05, 0) is 64.8 Å². The second kappa shape index (κ2) is 6.62. The molecule has 0 bridgehead atoms. The van der Waals surface area contributed by atoms with Crippen molar-refractivity contribution in [3.05, 3.63) is 0 Å². The number of thioether (sulfide) groups is 1. The molecule has 0 spiro atoms. The van der Waals surface area contributed by atoms with Gasteiger partial charge in [-0.15, -0.1) is 0 Å². The van der Waals surface area contributed by atoms with Crippen LogP contribution in [0.3, 0.4) is 0 Å². The van der Waals surface area contributed by atoms with Gasteiger partial charge in [-0.25, -0.2) is 0 Å². The number of rotatable bonds is 5. The van der Waals surface area contributed by atoms with Gasteiger partial charge in [0.25, 0.3) is 0 Å². The van der Waals surface area contributed by atoms with Crippen LogP contribution in [0.2, 0.25) is 0 Å². The van der Waals surface area contributed by atoms with Crippen molar-refractivity contribution >= 4 is 11.8 Å². The van der Waals surface area contributed by atoms with Crippen LogP contribution in [0.4, 0.5) is 0 Å².